The summed E-state index contributed by atoms with van der Waals surface area (Å²) in [4.78, 5) is 0. The first kappa shape index (κ1) is 15.7. The lowest BCUT2D eigenvalue weighted by Crippen LogP contribution is -2.38. The molecule has 0 bridgehead atoms. The predicted molar refractivity (Wildman–Crippen MR) is 77.5 cm³/mol. The summed E-state index contributed by atoms with van der Waals surface area (Å²) in [6.07, 6.45) is 2.31. The summed E-state index contributed by atoms with van der Waals surface area (Å²) in [7, 11) is 0. The number of hydrogen-bond acceptors (Lipinski definition) is 3. The molecule has 0 saturated carbocycles. The topological polar surface area (TPSA) is 56.0 Å². The summed E-state index contributed by atoms with van der Waals surface area (Å²) in [5.41, 5.74) is 1.05. The van der Waals surface area contributed by atoms with Gasteiger partial charge in [0.05, 0.1) is 12.5 Å². The molecular formula is C16H24N2O. The third-order valence-electron chi connectivity index (χ3n) is 4.06. The Labute approximate surface area is 116 Å². The van der Waals surface area contributed by atoms with Crippen molar-refractivity contribution in [2.75, 3.05) is 13.2 Å². The van der Waals surface area contributed by atoms with E-state index in [1.807, 2.05) is 30.3 Å². The Morgan fingerprint density at radius 3 is 2.37 bits per heavy atom. The maximum atomic E-state index is 9.58. The molecule has 1 atom stereocenters. The summed E-state index contributed by atoms with van der Waals surface area (Å²) in [5, 5.41) is 22.0. The van der Waals surface area contributed by atoms with Crippen molar-refractivity contribution in [3.05, 3.63) is 35.9 Å². The Balaban J connectivity index is 2.73. The van der Waals surface area contributed by atoms with Crippen LogP contribution < -0.4 is 5.32 Å². The highest BCUT2D eigenvalue weighted by atomic mass is 16.3. The second-order valence-corrected chi connectivity index (χ2v) is 5.07. The van der Waals surface area contributed by atoms with Gasteiger partial charge in [0, 0.05) is 24.6 Å². The van der Waals surface area contributed by atoms with Crippen molar-refractivity contribution < 1.29 is 5.11 Å². The van der Waals surface area contributed by atoms with Crippen LogP contribution in [0.25, 0.3) is 0 Å². The number of benzene rings is 1. The molecule has 0 amide bonds. The molecule has 0 aliphatic rings. The van der Waals surface area contributed by atoms with Gasteiger partial charge in [0.2, 0.25) is 0 Å². The van der Waals surface area contributed by atoms with E-state index in [1.165, 1.54) is 0 Å². The molecule has 0 saturated heterocycles. The molecule has 1 aromatic rings. The van der Waals surface area contributed by atoms with E-state index in [-0.39, 0.29) is 18.1 Å². The van der Waals surface area contributed by atoms with Crippen molar-refractivity contribution in [1.29, 1.82) is 5.26 Å². The van der Waals surface area contributed by atoms with E-state index in [1.54, 1.807) is 0 Å². The Hall–Kier alpha value is -1.37. The highest BCUT2D eigenvalue weighted by Crippen LogP contribution is 2.26. The molecule has 0 spiro atoms. The first-order valence-corrected chi connectivity index (χ1v) is 6.97. The molecule has 1 rings (SSSR count). The molecule has 19 heavy (non-hydrogen) atoms. The smallest absolute Gasteiger partial charge is 0.0641 e. The number of aliphatic hydroxyl groups is 1. The van der Waals surface area contributed by atoms with Gasteiger partial charge in [-0.3, -0.25) is 0 Å². The van der Waals surface area contributed by atoms with Crippen LogP contribution in [-0.2, 0) is 0 Å². The third-order valence-corrected chi connectivity index (χ3v) is 4.06. The highest BCUT2D eigenvalue weighted by molar-refractivity contribution is 5.20. The first-order valence-electron chi connectivity index (χ1n) is 6.97. The van der Waals surface area contributed by atoms with Crippen molar-refractivity contribution in [2.45, 2.75) is 39.2 Å². The molecule has 3 heteroatoms. The predicted octanol–water partition coefficient (Wildman–Crippen LogP) is 3.03. The number of hydrogen-bond donors (Lipinski definition) is 2. The van der Waals surface area contributed by atoms with Gasteiger partial charge in [0.1, 0.15) is 0 Å². The molecule has 3 nitrogen and oxygen atoms in total. The van der Waals surface area contributed by atoms with Crippen LogP contribution >= 0.6 is 0 Å². The van der Waals surface area contributed by atoms with Crippen LogP contribution in [0, 0.1) is 16.7 Å². The average Bonchev–Trinajstić information content (AvgIpc) is 2.49. The summed E-state index contributed by atoms with van der Waals surface area (Å²) in [6.45, 7) is 5.12. The van der Waals surface area contributed by atoms with E-state index in [9.17, 15) is 5.11 Å². The van der Waals surface area contributed by atoms with E-state index in [4.69, 9.17) is 5.26 Å². The molecule has 2 N–H and O–H groups in total. The van der Waals surface area contributed by atoms with Crippen molar-refractivity contribution >= 4 is 0 Å². The monoisotopic (exact) mass is 260 g/mol. The SMILES string of the molecule is CCC(CC)(CO)CNC(CC#N)c1ccccc1. The lowest BCUT2D eigenvalue weighted by Gasteiger charge is -2.31. The van der Waals surface area contributed by atoms with Crippen molar-refractivity contribution in [3.63, 3.8) is 0 Å². The maximum absolute atomic E-state index is 9.58. The summed E-state index contributed by atoms with van der Waals surface area (Å²) < 4.78 is 0. The second-order valence-electron chi connectivity index (χ2n) is 5.07. The fourth-order valence-electron chi connectivity index (χ4n) is 2.20. The van der Waals surface area contributed by atoms with Gasteiger partial charge in [-0.15, -0.1) is 0 Å². The van der Waals surface area contributed by atoms with Crippen LogP contribution in [0.5, 0.6) is 0 Å². The number of nitrogens with zero attached hydrogens (tertiary/aromatic N) is 1. The zero-order valence-corrected chi connectivity index (χ0v) is 11.9. The molecular weight excluding hydrogens is 236 g/mol. The number of rotatable bonds is 8. The average molecular weight is 260 g/mol. The fourth-order valence-corrected chi connectivity index (χ4v) is 2.20. The van der Waals surface area contributed by atoms with Gasteiger partial charge in [-0.1, -0.05) is 44.2 Å². The van der Waals surface area contributed by atoms with Gasteiger partial charge >= 0.3 is 0 Å². The Bertz CT molecular complexity index is 385. The molecule has 0 aliphatic carbocycles. The number of nitrogens with one attached hydrogen (secondary N) is 1. The van der Waals surface area contributed by atoms with E-state index >= 15 is 0 Å². The lowest BCUT2D eigenvalue weighted by atomic mass is 9.83. The van der Waals surface area contributed by atoms with Gasteiger partial charge in [0.25, 0.3) is 0 Å². The van der Waals surface area contributed by atoms with E-state index in [2.05, 4.69) is 25.2 Å². The summed E-state index contributed by atoms with van der Waals surface area (Å²) in [6, 6.07) is 12.3. The summed E-state index contributed by atoms with van der Waals surface area (Å²) in [5.74, 6) is 0. The number of aliphatic hydroxyl groups excluding tert-OH is 1. The van der Waals surface area contributed by atoms with E-state index in [0.717, 1.165) is 24.9 Å². The van der Waals surface area contributed by atoms with Crippen LogP contribution in [0.1, 0.15) is 44.7 Å². The van der Waals surface area contributed by atoms with Crippen LogP contribution in [0.2, 0.25) is 0 Å². The minimum Gasteiger partial charge on any atom is -0.396 e. The molecule has 0 aromatic heterocycles. The van der Waals surface area contributed by atoms with Gasteiger partial charge in [-0.2, -0.15) is 5.26 Å². The second kappa shape index (κ2) is 7.93. The van der Waals surface area contributed by atoms with Crippen molar-refractivity contribution in [2.24, 2.45) is 5.41 Å². The van der Waals surface area contributed by atoms with Crippen LogP contribution in [-0.4, -0.2) is 18.3 Å². The molecule has 0 heterocycles. The van der Waals surface area contributed by atoms with E-state index < -0.39 is 0 Å². The third kappa shape index (κ3) is 4.34. The van der Waals surface area contributed by atoms with Gasteiger partial charge in [0.15, 0.2) is 0 Å². The van der Waals surface area contributed by atoms with Gasteiger partial charge in [-0.25, -0.2) is 0 Å². The normalized spacial score (nSPS) is 12.9. The Kier molecular flexibility index (Phi) is 6.55. The Morgan fingerprint density at radius 2 is 1.89 bits per heavy atom. The highest BCUT2D eigenvalue weighted by Gasteiger charge is 2.26. The summed E-state index contributed by atoms with van der Waals surface area (Å²) >= 11 is 0. The van der Waals surface area contributed by atoms with Crippen LogP contribution in [0.4, 0.5) is 0 Å². The van der Waals surface area contributed by atoms with Crippen molar-refractivity contribution in [1.82, 2.24) is 5.32 Å². The zero-order chi connectivity index (χ0) is 14.1. The standard InChI is InChI=1S/C16H24N2O/c1-3-16(4-2,13-19)12-18-15(10-11-17)14-8-6-5-7-9-14/h5-9,15,18-19H,3-4,10,12-13H2,1-2H3. The maximum Gasteiger partial charge on any atom is 0.0641 e. The minimum absolute atomic E-state index is 0.0372. The van der Waals surface area contributed by atoms with Crippen molar-refractivity contribution in [3.8, 4) is 6.07 Å². The largest absolute Gasteiger partial charge is 0.396 e. The first-order chi connectivity index (χ1) is 9.21. The molecule has 1 unspecified atom stereocenters. The number of nitriles is 1. The van der Waals surface area contributed by atoms with Crippen LogP contribution in [0.3, 0.4) is 0 Å². The lowest BCUT2D eigenvalue weighted by molar-refractivity contribution is 0.110. The fraction of sp³-hybridized carbons (Fsp3) is 0.562. The van der Waals surface area contributed by atoms with Gasteiger partial charge in [-0.05, 0) is 18.4 Å². The molecule has 0 radical (unpaired) electrons. The van der Waals surface area contributed by atoms with E-state index in [0.29, 0.717) is 6.42 Å². The molecule has 0 fully saturated rings. The zero-order valence-electron chi connectivity index (χ0n) is 11.9. The molecule has 1 aromatic carbocycles. The van der Waals surface area contributed by atoms with Crippen LogP contribution in [0.15, 0.2) is 30.3 Å². The van der Waals surface area contributed by atoms with Gasteiger partial charge < -0.3 is 10.4 Å². The Morgan fingerprint density at radius 1 is 1.26 bits per heavy atom. The minimum atomic E-state index is -0.0809. The molecule has 104 valence electrons. The quantitative estimate of drug-likeness (QED) is 0.755. The molecule has 0 aliphatic heterocycles.